The SMILES string of the molecule is C[N](C)[Zr]([CH2]c1ccccc1)([CH2]c1ccccc1)[N](C)C. The first-order chi connectivity index (χ1) is 10.0. The number of nitrogens with zero attached hydrogens (tertiary/aromatic N) is 2. The first-order valence-electron chi connectivity index (χ1n) is 7.47. The molecule has 0 N–H and O–H groups in total. The Morgan fingerprint density at radius 1 is 0.619 bits per heavy atom. The molecular weight excluding hydrogens is 335 g/mol. The van der Waals surface area contributed by atoms with Crippen molar-refractivity contribution in [3.63, 3.8) is 0 Å². The van der Waals surface area contributed by atoms with Crippen molar-refractivity contribution in [1.29, 1.82) is 0 Å². The summed E-state index contributed by atoms with van der Waals surface area (Å²) in [5.41, 5.74) is 2.93. The third-order valence-electron chi connectivity index (χ3n) is 4.33. The zero-order valence-corrected chi connectivity index (χ0v) is 16.0. The van der Waals surface area contributed by atoms with Gasteiger partial charge in [0.2, 0.25) is 0 Å². The van der Waals surface area contributed by atoms with E-state index in [9.17, 15) is 0 Å². The summed E-state index contributed by atoms with van der Waals surface area (Å²) >= 11 is -2.66. The van der Waals surface area contributed by atoms with Gasteiger partial charge < -0.3 is 0 Å². The van der Waals surface area contributed by atoms with Gasteiger partial charge in [-0.2, -0.15) is 0 Å². The van der Waals surface area contributed by atoms with E-state index in [1.54, 1.807) is 0 Å². The summed E-state index contributed by atoms with van der Waals surface area (Å²) < 4.78 is 7.53. The Balaban J connectivity index is 2.34. The molecule has 0 aliphatic rings. The average molecular weight is 362 g/mol. The Kier molecular flexibility index (Phi) is 5.92. The molecule has 0 heterocycles. The second-order valence-corrected chi connectivity index (χ2v) is 17.1. The van der Waals surface area contributed by atoms with Gasteiger partial charge in [0.25, 0.3) is 0 Å². The summed E-state index contributed by atoms with van der Waals surface area (Å²) in [6.45, 7) is 0. The molecule has 2 aromatic rings. The van der Waals surface area contributed by atoms with Gasteiger partial charge in [-0.15, -0.1) is 0 Å². The molecule has 112 valence electrons. The molecule has 0 amide bonds. The molecule has 0 atom stereocenters. The van der Waals surface area contributed by atoms with Crippen molar-refractivity contribution >= 4 is 0 Å². The van der Waals surface area contributed by atoms with E-state index in [0.29, 0.717) is 0 Å². The monoisotopic (exact) mass is 360 g/mol. The normalized spacial score (nSPS) is 12.1. The molecule has 0 bridgehead atoms. The van der Waals surface area contributed by atoms with Crippen LogP contribution in [0.15, 0.2) is 60.7 Å². The molecule has 2 aromatic carbocycles. The van der Waals surface area contributed by atoms with Crippen LogP contribution in [0.3, 0.4) is 0 Å². The average Bonchev–Trinajstić information content (AvgIpc) is 2.48. The predicted molar refractivity (Wildman–Crippen MR) is 87.7 cm³/mol. The molecule has 0 fully saturated rings. The Morgan fingerprint density at radius 2 is 0.952 bits per heavy atom. The zero-order chi connectivity index (χ0) is 15.3. The Morgan fingerprint density at radius 3 is 1.24 bits per heavy atom. The number of benzene rings is 2. The van der Waals surface area contributed by atoms with Crippen LogP contribution in [0.25, 0.3) is 0 Å². The van der Waals surface area contributed by atoms with E-state index >= 15 is 0 Å². The summed E-state index contributed by atoms with van der Waals surface area (Å²) in [6, 6.07) is 21.9. The maximum absolute atomic E-state index is 2.66. The molecule has 0 aliphatic carbocycles. The summed E-state index contributed by atoms with van der Waals surface area (Å²) in [6.07, 6.45) is 0. The van der Waals surface area contributed by atoms with Gasteiger partial charge in [-0.1, -0.05) is 0 Å². The van der Waals surface area contributed by atoms with Crippen LogP contribution < -0.4 is 0 Å². The molecule has 0 aromatic heterocycles. The van der Waals surface area contributed by atoms with Crippen molar-refractivity contribution in [3.8, 4) is 0 Å². The van der Waals surface area contributed by atoms with Crippen molar-refractivity contribution < 1.29 is 20.8 Å². The van der Waals surface area contributed by atoms with Gasteiger partial charge in [-0.3, -0.25) is 0 Å². The molecule has 3 heteroatoms. The van der Waals surface area contributed by atoms with Gasteiger partial charge in [0.15, 0.2) is 0 Å². The molecule has 0 spiro atoms. The molecule has 0 saturated heterocycles. The number of hydrogen-bond donors (Lipinski definition) is 0. The third-order valence-corrected chi connectivity index (χ3v) is 17.3. The van der Waals surface area contributed by atoms with Crippen molar-refractivity contribution in [2.75, 3.05) is 28.2 Å². The molecule has 21 heavy (non-hydrogen) atoms. The molecule has 2 nitrogen and oxygen atoms in total. The van der Waals surface area contributed by atoms with Crippen LogP contribution in [0, 0.1) is 0 Å². The first-order valence-corrected chi connectivity index (χ1v) is 13.1. The minimum absolute atomic E-state index is 1.21. The minimum atomic E-state index is -2.66. The van der Waals surface area contributed by atoms with E-state index in [4.69, 9.17) is 0 Å². The maximum atomic E-state index is 2.55. The number of rotatable bonds is 6. The van der Waals surface area contributed by atoms with Gasteiger partial charge in [0.1, 0.15) is 0 Å². The standard InChI is InChI=1S/2C7H7.2C2H6N.Zr/c2*1-7-5-3-2-4-6-7;2*1-3-2;/h2*2-6H,1H2;2*1-2H3;/q;;2*-1;+2. The van der Waals surface area contributed by atoms with Crippen LogP contribution in [0.5, 0.6) is 0 Å². The molecular formula is C18H26N2Zr. The van der Waals surface area contributed by atoms with E-state index in [0.717, 1.165) is 0 Å². The molecule has 2 rings (SSSR count). The Bertz CT molecular complexity index is 486. The fourth-order valence-electron chi connectivity index (χ4n) is 2.94. The number of hydrogen-bond acceptors (Lipinski definition) is 2. The summed E-state index contributed by atoms with van der Waals surface area (Å²) in [4.78, 5) is 0. The van der Waals surface area contributed by atoms with Crippen LogP contribution in [0.2, 0.25) is 0 Å². The first kappa shape index (κ1) is 16.6. The molecule has 0 radical (unpaired) electrons. The quantitative estimate of drug-likeness (QED) is 0.777. The van der Waals surface area contributed by atoms with Crippen LogP contribution >= 0.6 is 0 Å². The van der Waals surface area contributed by atoms with E-state index in [-0.39, 0.29) is 0 Å². The predicted octanol–water partition coefficient (Wildman–Crippen LogP) is 3.49. The van der Waals surface area contributed by atoms with E-state index < -0.39 is 20.8 Å². The second kappa shape index (κ2) is 7.49. The molecule has 0 saturated carbocycles. The topological polar surface area (TPSA) is 6.48 Å². The van der Waals surface area contributed by atoms with E-state index in [1.807, 2.05) is 0 Å². The zero-order valence-electron chi connectivity index (χ0n) is 13.6. The fraction of sp³-hybridized carbons (Fsp3) is 0.333. The van der Waals surface area contributed by atoms with Crippen molar-refractivity contribution in [2.45, 2.75) is 8.26 Å². The Hall–Kier alpha value is -0.757. The summed E-state index contributed by atoms with van der Waals surface area (Å²) in [7, 11) is 9.06. The summed E-state index contributed by atoms with van der Waals surface area (Å²) in [5, 5.41) is 0. The van der Waals surface area contributed by atoms with Gasteiger partial charge in [0, 0.05) is 0 Å². The van der Waals surface area contributed by atoms with Crippen molar-refractivity contribution in [3.05, 3.63) is 71.8 Å². The molecule has 0 unspecified atom stereocenters. The molecule has 0 aliphatic heterocycles. The van der Waals surface area contributed by atoms with Crippen molar-refractivity contribution in [1.82, 2.24) is 5.69 Å². The van der Waals surface area contributed by atoms with Gasteiger partial charge in [-0.25, -0.2) is 0 Å². The van der Waals surface area contributed by atoms with Crippen LogP contribution in [0.1, 0.15) is 11.1 Å². The fourth-order valence-corrected chi connectivity index (χ4v) is 12.7. The second-order valence-electron chi connectivity index (χ2n) is 6.10. The van der Waals surface area contributed by atoms with Crippen LogP contribution in [0.4, 0.5) is 0 Å². The van der Waals surface area contributed by atoms with E-state index in [2.05, 4.69) is 94.5 Å². The van der Waals surface area contributed by atoms with Crippen LogP contribution in [-0.2, 0) is 29.1 Å². The van der Waals surface area contributed by atoms with E-state index in [1.165, 1.54) is 19.4 Å². The van der Waals surface area contributed by atoms with Crippen LogP contribution in [-0.4, -0.2) is 33.9 Å². The van der Waals surface area contributed by atoms with Gasteiger partial charge in [-0.05, 0) is 0 Å². The third kappa shape index (κ3) is 4.12. The Labute approximate surface area is 134 Å². The van der Waals surface area contributed by atoms with Crippen molar-refractivity contribution in [2.24, 2.45) is 0 Å². The van der Waals surface area contributed by atoms with Gasteiger partial charge in [0.05, 0.1) is 0 Å². The van der Waals surface area contributed by atoms with Gasteiger partial charge >= 0.3 is 135 Å². The summed E-state index contributed by atoms with van der Waals surface area (Å²) in [5.74, 6) is 0.